The molecule has 0 fully saturated rings. The molecule has 2 amide bonds. The zero-order chi connectivity index (χ0) is 20.5. The van der Waals surface area contributed by atoms with Crippen LogP contribution in [0.4, 0.5) is 10.5 Å². The predicted octanol–water partition coefficient (Wildman–Crippen LogP) is 5.43. The number of amides is 2. The molecule has 0 radical (unpaired) electrons. The van der Waals surface area contributed by atoms with Gasteiger partial charge in [-0.1, -0.05) is 46.0 Å². The van der Waals surface area contributed by atoms with Gasteiger partial charge in [0.15, 0.2) is 0 Å². The van der Waals surface area contributed by atoms with Crippen LogP contribution in [0.5, 0.6) is 0 Å². The molecule has 2 aromatic carbocycles. The van der Waals surface area contributed by atoms with Gasteiger partial charge in [-0.15, -0.1) is 0 Å². The molecule has 2 aromatic rings. The fourth-order valence-corrected chi connectivity index (χ4v) is 3.39. The zero-order valence-corrected chi connectivity index (χ0v) is 18.0. The molecule has 4 nitrogen and oxygen atoms in total. The van der Waals surface area contributed by atoms with Gasteiger partial charge in [0.1, 0.15) is 5.60 Å². The van der Waals surface area contributed by atoms with Crippen molar-refractivity contribution in [2.75, 3.05) is 4.90 Å². The van der Waals surface area contributed by atoms with Crippen LogP contribution in [0.15, 0.2) is 53.0 Å². The van der Waals surface area contributed by atoms with Crippen LogP contribution < -0.4 is 4.90 Å². The van der Waals surface area contributed by atoms with Gasteiger partial charge in [-0.2, -0.15) is 0 Å². The monoisotopic (exact) mass is 439 g/mol. The summed E-state index contributed by atoms with van der Waals surface area (Å²) in [6.07, 6.45) is -0.354. The summed E-state index contributed by atoms with van der Waals surface area (Å²) in [5.41, 5.74) is 0.628. The number of carbonyl (C=O) groups is 2. The van der Waals surface area contributed by atoms with E-state index in [1.54, 1.807) is 26.8 Å². The van der Waals surface area contributed by atoms with Crippen molar-refractivity contribution in [1.29, 1.82) is 0 Å². The molecule has 144 valence electrons. The number of anilines is 1. The molecular weight excluding hydrogens is 418 g/mol. The number of para-hydroxylation sites is 1. The standard InChI is InChI=1S/C23H22BrNO3/c1-22(2,3)28-21(27)25-19-10-6-5-9-18(19)23(4,20(25)26)15-7-8-16-11-13-17(24)14-12-16/h5-6,9-14H,15H2,1-4H3/t23-/m0/s1. The molecule has 1 aliphatic rings. The lowest BCUT2D eigenvalue weighted by atomic mass is 9.81. The van der Waals surface area contributed by atoms with Gasteiger partial charge in [0.2, 0.25) is 5.91 Å². The first-order valence-corrected chi connectivity index (χ1v) is 9.83. The second-order valence-electron chi connectivity index (χ2n) is 7.96. The number of fused-ring (bicyclic) bond motifs is 1. The van der Waals surface area contributed by atoms with Crippen LogP contribution in [-0.4, -0.2) is 17.6 Å². The van der Waals surface area contributed by atoms with Crippen LogP contribution in [0.25, 0.3) is 0 Å². The molecule has 1 heterocycles. The molecule has 0 bridgehead atoms. The van der Waals surface area contributed by atoms with Crippen molar-refractivity contribution in [2.45, 2.75) is 45.1 Å². The molecule has 0 aromatic heterocycles. The summed E-state index contributed by atoms with van der Waals surface area (Å²) in [5.74, 6) is 5.91. The van der Waals surface area contributed by atoms with E-state index in [4.69, 9.17) is 4.74 Å². The molecule has 0 saturated heterocycles. The maximum absolute atomic E-state index is 13.2. The maximum Gasteiger partial charge on any atom is 0.421 e. The molecule has 1 aliphatic heterocycles. The third-order valence-electron chi connectivity index (χ3n) is 4.51. The Hall–Kier alpha value is -2.58. The van der Waals surface area contributed by atoms with Crippen LogP contribution in [-0.2, 0) is 14.9 Å². The molecule has 0 N–H and O–H groups in total. The van der Waals surface area contributed by atoms with Crippen molar-refractivity contribution >= 4 is 33.6 Å². The first kappa shape index (κ1) is 20.2. The second-order valence-corrected chi connectivity index (χ2v) is 8.87. The van der Waals surface area contributed by atoms with Crippen molar-refractivity contribution < 1.29 is 14.3 Å². The van der Waals surface area contributed by atoms with E-state index < -0.39 is 17.1 Å². The van der Waals surface area contributed by atoms with Gasteiger partial charge >= 0.3 is 6.09 Å². The minimum absolute atomic E-state index is 0.304. The van der Waals surface area contributed by atoms with Gasteiger partial charge in [0, 0.05) is 16.5 Å². The number of rotatable bonds is 1. The average molecular weight is 440 g/mol. The lowest BCUT2D eigenvalue weighted by molar-refractivity contribution is -0.122. The van der Waals surface area contributed by atoms with Crippen LogP contribution in [0.1, 0.15) is 45.2 Å². The number of halogens is 1. The summed E-state index contributed by atoms with van der Waals surface area (Å²) in [4.78, 5) is 27.1. The van der Waals surface area contributed by atoms with Gasteiger partial charge in [0.25, 0.3) is 0 Å². The van der Waals surface area contributed by atoms with E-state index in [-0.39, 0.29) is 5.91 Å². The van der Waals surface area contributed by atoms with Crippen molar-refractivity contribution in [3.05, 3.63) is 64.1 Å². The number of hydrogen-bond donors (Lipinski definition) is 0. The summed E-state index contributed by atoms with van der Waals surface area (Å²) >= 11 is 3.40. The first-order chi connectivity index (χ1) is 13.1. The predicted molar refractivity (Wildman–Crippen MR) is 113 cm³/mol. The Kier molecular flexibility index (Phi) is 5.36. The minimum atomic E-state index is -0.907. The molecule has 28 heavy (non-hydrogen) atoms. The van der Waals surface area contributed by atoms with Crippen LogP contribution in [0.2, 0.25) is 0 Å². The van der Waals surface area contributed by atoms with Gasteiger partial charge < -0.3 is 4.74 Å². The normalized spacial score (nSPS) is 18.3. The molecule has 5 heteroatoms. The Bertz CT molecular complexity index is 979. The van der Waals surface area contributed by atoms with Gasteiger partial charge in [-0.25, -0.2) is 9.69 Å². The van der Waals surface area contributed by atoms with E-state index in [0.29, 0.717) is 12.1 Å². The third-order valence-corrected chi connectivity index (χ3v) is 5.04. The number of imide groups is 1. The third kappa shape index (κ3) is 3.98. The number of benzene rings is 2. The van der Waals surface area contributed by atoms with Crippen molar-refractivity contribution in [3.63, 3.8) is 0 Å². The van der Waals surface area contributed by atoms with Crippen molar-refractivity contribution in [1.82, 2.24) is 0 Å². The van der Waals surface area contributed by atoms with Crippen LogP contribution in [0.3, 0.4) is 0 Å². The summed E-state index contributed by atoms with van der Waals surface area (Å²) in [6, 6.07) is 15.0. The van der Waals surface area contributed by atoms with E-state index in [0.717, 1.165) is 20.5 Å². The Labute approximate surface area is 174 Å². The van der Waals surface area contributed by atoms with Crippen molar-refractivity contribution in [2.24, 2.45) is 0 Å². The highest BCUT2D eigenvalue weighted by Gasteiger charge is 2.50. The Morgan fingerprint density at radius 3 is 2.43 bits per heavy atom. The number of nitrogens with zero attached hydrogens (tertiary/aromatic N) is 1. The molecule has 1 atom stereocenters. The zero-order valence-electron chi connectivity index (χ0n) is 16.4. The second kappa shape index (κ2) is 7.44. The Morgan fingerprint density at radius 1 is 1.14 bits per heavy atom. The van der Waals surface area contributed by atoms with E-state index in [9.17, 15) is 9.59 Å². The van der Waals surface area contributed by atoms with E-state index in [1.807, 2.05) is 49.4 Å². The highest BCUT2D eigenvalue weighted by atomic mass is 79.9. The summed E-state index contributed by atoms with van der Waals surface area (Å²) < 4.78 is 6.44. The molecule has 0 aliphatic carbocycles. The summed E-state index contributed by atoms with van der Waals surface area (Å²) in [6.45, 7) is 7.16. The Morgan fingerprint density at radius 2 is 1.79 bits per heavy atom. The largest absolute Gasteiger partial charge is 0.443 e. The summed E-state index contributed by atoms with van der Waals surface area (Å²) in [7, 11) is 0. The minimum Gasteiger partial charge on any atom is -0.443 e. The van der Waals surface area contributed by atoms with E-state index >= 15 is 0 Å². The summed E-state index contributed by atoms with van der Waals surface area (Å²) in [5, 5.41) is 0. The maximum atomic E-state index is 13.2. The smallest absolute Gasteiger partial charge is 0.421 e. The number of ether oxygens (including phenoxy) is 1. The highest BCUT2D eigenvalue weighted by molar-refractivity contribution is 9.10. The SMILES string of the molecule is CC(C)(C)OC(=O)N1C(=O)[C@@](C)(CC#Cc2ccc(Br)cc2)c2ccccc21. The van der Waals surface area contributed by atoms with Gasteiger partial charge in [-0.3, -0.25) is 4.79 Å². The first-order valence-electron chi connectivity index (χ1n) is 9.03. The van der Waals surface area contributed by atoms with Crippen LogP contribution >= 0.6 is 15.9 Å². The molecule has 0 spiro atoms. The number of hydrogen-bond acceptors (Lipinski definition) is 3. The molecular formula is C23H22BrNO3. The highest BCUT2D eigenvalue weighted by Crippen LogP contribution is 2.44. The lowest BCUT2D eigenvalue weighted by Crippen LogP contribution is -2.44. The topological polar surface area (TPSA) is 46.6 Å². The van der Waals surface area contributed by atoms with Crippen molar-refractivity contribution in [3.8, 4) is 11.8 Å². The molecule has 3 rings (SSSR count). The molecule has 0 saturated carbocycles. The Balaban J connectivity index is 1.92. The van der Waals surface area contributed by atoms with Gasteiger partial charge in [0.05, 0.1) is 11.1 Å². The lowest BCUT2D eigenvalue weighted by Gasteiger charge is -2.25. The fraction of sp³-hybridized carbons (Fsp3) is 0.304. The van der Waals surface area contributed by atoms with Gasteiger partial charge in [-0.05, 0) is 63.6 Å². The van der Waals surface area contributed by atoms with E-state index in [1.165, 1.54) is 0 Å². The fourth-order valence-electron chi connectivity index (χ4n) is 3.12. The quantitative estimate of drug-likeness (QED) is 0.556. The average Bonchev–Trinajstić information content (AvgIpc) is 2.84. The molecule has 0 unspecified atom stereocenters. The number of carbonyl (C=O) groups excluding carboxylic acids is 2. The van der Waals surface area contributed by atoms with E-state index in [2.05, 4.69) is 27.8 Å². The van der Waals surface area contributed by atoms with Crippen LogP contribution in [0, 0.1) is 11.8 Å².